The van der Waals surface area contributed by atoms with Crippen LogP contribution in [0.1, 0.15) is 11.1 Å². The highest BCUT2D eigenvalue weighted by atomic mass is 35.5. The average Bonchev–Trinajstić information content (AvgIpc) is 3.11. The van der Waals surface area contributed by atoms with Crippen LogP contribution in [0.15, 0.2) is 54.9 Å². The van der Waals surface area contributed by atoms with Crippen LogP contribution in [0.5, 0.6) is 0 Å². The third-order valence-electron chi connectivity index (χ3n) is 4.19. The van der Waals surface area contributed by atoms with Gasteiger partial charge in [-0.05, 0) is 41.8 Å². The maximum atomic E-state index is 12.7. The second kappa shape index (κ2) is 6.09. The maximum absolute atomic E-state index is 12.7. The summed E-state index contributed by atoms with van der Waals surface area (Å²) in [6, 6.07) is 15.3. The number of halogens is 1. The zero-order chi connectivity index (χ0) is 16.5. The minimum Gasteiger partial charge on any atom is -0.318 e. The SMILES string of the molecule is O=C(N1CCc2ccccc2C1)n1cnc(-c2ccc(Cl)cc2)n1. The first-order valence-corrected chi connectivity index (χ1v) is 8.12. The van der Waals surface area contributed by atoms with E-state index >= 15 is 0 Å². The predicted octanol–water partition coefficient (Wildman–Crippen LogP) is 3.62. The van der Waals surface area contributed by atoms with Crippen LogP contribution in [-0.2, 0) is 13.0 Å². The Kier molecular flexibility index (Phi) is 3.78. The molecule has 0 saturated heterocycles. The Labute approximate surface area is 144 Å². The van der Waals surface area contributed by atoms with Crippen LogP contribution in [0.4, 0.5) is 4.79 Å². The lowest BCUT2D eigenvalue weighted by molar-refractivity contribution is 0.190. The van der Waals surface area contributed by atoms with Gasteiger partial charge in [0.25, 0.3) is 0 Å². The van der Waals surface area contributed by atoms with Gasteiger partial charge in [-0.15, -0.1) is 5.10 Å². The van der Waals surface area contributed by atoms with Gasteiger partial charge in [0.05, 0.1) is 0 Å². The number of carbonyl (C=O) groups is 1. The van der Waals surface area contributed by atoms with Crippen molar-refractivity contribution in [1.29, 1.82) is 0 Å². The summed E-state index contributed by atoms with van der Waals surface area (Å²) in [6.07, 6.45) is 2.33. The van der Waals surface area contributed by atoms with E-state index in [4.69, 9.17) is 11.6 Å². The molecule has 24 heavy (non-hydrogen) atoms. The second-order valence-corrected chi connectivity index (χ2v) is 6.18. The first-order chi connectivity index (χ1) is 11.7. The third-order valence-corrected chi connectivity index (χ3v) is 4.44. The molecule has 0 atom stereocenters. The van der Waals surface area contributed by atoms with Crippen molar-refractivity contribution < 1.29 is 4.79 Å². The summed E-state index contributed by atoms with van der Waals surface area (Å²) in [5.41, 5.74) is 3.33. The van der Waals surface area contributed by atoms with E-state index in [-0.39, 0.29) is 6.03 Å². The highest BCUT2D eigenvalue weighted by Crippen LogP contribution is 2.20. The van der Waals surface area contributed by atoms with Crippen molar-refractivity contribution in [2.24, 2.45) is 0 Å². The van der Waals surface area contributed by atoms with Crippen LogP contribution in [0.2, 0.25) is 5.02 Å². The summed E-state index contributed by atoms with van der Waals surface area (Å²) in [6.45, 7) is 1.29. The molecule has 0 saturated carbocycles. The van der Waals surface area contributed by atoms with Gasteiger partial charge in [-0.1, -0.05) is 35.9 Å². The van der Waals surface area contributed by atoms with Crippen molar-refractivity contribution in [3.05, 3.63) is 71.0 Å². The molecular formula is C18H15ClN4O. The van der Waals surface area contributed by atoms with Crippen molar-refractivity contribution in [2.75, 3.05) is 6.54 Å². The molecule has 1 aliphatic rings. The molecule has 0 radical (unpaired) electrons. The normalized spacial score (nSPS) is 13.6. The van der Waals surface area contributed by atoms with E-state index in [1.165, 1.54) is 22.1 Å². The van der Waals surface area contributed by atoms with Crippen LogP contribution in [0, 0.1) is 0 Å². The minimum atomic E-state index is -0.155. The number of rotatable bonds is 1. The Balaban J connectivity index is 1.55. The van der Waals surface area contributed by atoms with Crippen molar-refractivity contribution in [1.82, 2.24) is 19.7 Å². The lowest BCUT2D eigenvalue weighted by Gasteiger charge is -2.28. The molecule has 2 aromatic carbocycles. The fraction of sp³-hybridized carbons (Fsp3) is 0.167. The van der Waals surface area contributed by atoms with E-state index < -0.39 is 0 Å². The molecule has 0 spiro atoms. The molecular weight excluding hydrogens is 324 g/mol. The molecule has 6 heteroatoms. The largest absolute Gasteiger partial charge is 0.346 e. The quantitative estimate of drug-likeness (QED) is 0.681. The highest BCUT2D eigenvalue weighted by Gasteiger charge is 2.22. The molecule has 4 rings (SSSR count). The van der Waals surface area contributed by atoms with Gasteiger partial charge in [0.1, 0.15) is 6.33 Å². The van der Waals surface area contributed by atoms with Crippen molar-refractivity contribution >= 4 is 17.6 Å². The number of aromatic nitrogens is 3. The number of fused-ring (bicyclic) bond motifs is 1. The Hall–Kier alpha value is -2.66. The molecule has 3 aromatic rings. The fourth-order valence-electron chi connectivity index (χ4n) is 2.89. The topological polar surface area (TPSA) is 51.0 Å². The molecule has 2 heterocycles. The van der Waals surface area contributed by atoms with Crippen LogP contribution < -0.4 is 0 Å². The number of nitrogens with zero attached hydrogens (tertiary/aromatic N) is 4. The van der Waals surface area contributed by atoms with Gasteiger partial charge in [0, 0.05) is 23.7 Å². The molecule has 5 nitrogen and oxygen atoms in total. The third kappa shape index (κ3) is 2.78. The molecule has 120 valence electrons. The average molecular weight is 339 g/mol. The van der Waals surface area contributed by atoms with E-state index in [1.54, 1.807) is 17.0 Å². The zero-order valence-corrected chi connectivity index (χ0v) is 13.6. The van der Waals surface area contributed by atoms with E-state index in [0.29, 0.717) is 23.9 Å². The van der Waals surface area contributed by atoms with Gasteiger partial charge in [0.2, 0.25) is 0 Å². The molecule has 0 N–H and O–H groups in total. The summed E-state index contributed by atoms with van der Waals surface area (Å²) in [4.78, 5) is 18.7. The van der Waals surface area contributed by atoms with E-state index in [2.05, 4.69) is 22.2 Å². The second-order valence-electron chi connectivity index (χ2n) is 5.74. The Morgan fingerprint density at radius 3 is 2.58 bits per heavy atom. The smallest absolute Gasteiger partial charge is 0.318 e. The predicted molar refractivity (Wildman–Crippen MR) is 91.8 cm³/mol. The fourth-order valence-corrected chi connectivity index (χ4v) is 3.02. The maximum Gasteiger partial charge on any atom is 0.346 e. The Morgan fingerprint density at radius 1 is 1.04 bits per heavy atom. The molecule has 0 unspecified atom stereocenters. The van der Waals surface area contributed by atoms with Crippen LogP contribution in [0.3, 0.4) is 0 Å². The van der Waals surface area contributed by atoms with Crippen molar-refractivity contribution in [2.45, 2.75) is 13.0 Å². The minimum absolute atomic E-state index is 0.155. The number of hydrogen-bond donors (Lipinski definition) is 0. The summed E-state index contributed by atoms with van der Waals surface area (Å²) in [7, 11) is 0. The summed E-state index contributed by atoms with van der Waals surface area (Å²) in [5.74, 6) is 0.512. The first-order valence-electron chi connectivity index (χ1n) is 7.74. The molecule has 0 fully saturated rings. The van der Waals surface area contributed by atoms with Gasteiger partial charge >= 0.3 is 6.03 Å². The molecule has 1 aliphatic heterocycles. The van der Waals surface area contributed by atoms with E-state index in [9.17, 15) is 4.79 Å². The van der Waals surface area contributed by atoms with E-state index in [1.807, 2.05) is 24.3 Å². The van der Waals surface area contributed by atoms with Crippen LogP contribution >= 0.6 is 11.6 Å². The van der Waals surface area contributed by atoms with Crippen molar-refractivity contribution in [3.8, 4) is 11.4 Å². The van der Waals surface area contributed by atoms with Gasteiger partial charge in [-0.3, -0.25) is 0 Å². The van der Waals surface area contributed by atoms with Crippen molar-refractivity contribution in [3.63, 3.8) is 0 Å². The first kappa shape index (κ1) is 14.9. The molecule has 0 bridgehead atoms. The monoisotopic (exact) mass is 338 g/mol. The lowest BCUT2D eigenvalue weighted by Crippen LogP contribution is -2.38. The van der Waals surface area contributed by atoms with Gasteiger partial charge in [-0.25, -0.2) is 9.78 Å². The molecule has 1 amide bonds. The van der Waals surface area contributed by atoms with Gasteiger partial charge < -0.3 is 4.90 Å². The Morgan fingerprint density at radius 2 is 1.79 bits per heavy atom. The van der Waals surface area contributed by atoms with Gasteiger partial charge in [-0.2, -0.15) is 4.68 Å². The number of hydrogen-bond acceptors (Lipinski definition) is 3. The molecule has 1 aromatic heterocycles. The zero-order valence-electron chi connectivity index (χ0n) is 12.9. The molecule has 0 aliphatic carbocycles. The van der Waals surface area contributed by atoms with E-state index in [0.717, 1.165) is 12.0 Å². The van der Waals surface area contributed by atoms with Crippen LogP contribution in [0.25, 0.3) is 11.4 Å². The highest BCUT2D eigenvalue weighted by molar-refractivity contribution is 6.30. The Bertz CT molecular complexity index is 888. The summed E-state index contributed by atoms with van der Waals surface area (Å²) >= 11 is 5.89. The number of amides is 1. The van der Waals surface area contributed by atoms with Crippen LogP contribution in [-0.4, -0.2) is 32.2 Å². The van der Waals surface area contributed by atoms with Gasteiger partial charge in [0.15, 0.2) is 5.82 Å². The standard InChI is InChI=1S/C18H15ClN4O/c19-16-7-5-14(6-8-16)17-20-12-23(21-17)18(24)22-10-9-13-3-1-2-4-15(13)11-22/h1-8,12H,9-11H2. The summed E-state index contributed by atoms with van der Waals surface area (Å²) in [5, 5.41) is 4.97. The lowest BCUT2D eigenvalue weighted by atomic mass is 10.0. The number of benzene rings is 2. The summed E-state index contributed by atoms with van der Waals surface area (Å²) < 4.78 is 1.30. The number of carbonyl (C=O) groups excluding carboxylic acids is 1.